The van der Waals surface area contributed by atoms with Gasteiger partial charge in [-0.3, -0.25) is 4.79 Å². The topological polar surface area (TPSA) is 44.8 Å². The Balaban J connectivity index is 2.46. The molecule has 0 heterocycles. The SMILES string of the molecule is COC(=O)C1(c2cc(OC)ccc2OC)CC1. The fourth-order valence-electron chi connectivity index (χ4n) is 2.09. The molecule has 1 aromatic carbocycles. The van der Waals surface area contributed by atoms with Crippen molar-refractivity contribution in [3.63, 3.8) is 0 Å². The minimum atomic E-state index is -0.533. The Morgan fingerprint density at radius 1 is 1.18 bits per heavy atom. The zero-order chi connectivity index (χ0) is 12.5. The molecule has 4 nitrogen and oxygen atoms in total. The number of esters is 1. The predicted octanol–water partition coefficient (Wildman–Crippen LogP) is 1.91. The fourth-order valence-corrected chi connectivity index (χ4v) is 2.09. The van der Waals surface area contributed by atoms with Crippen LogP contribution in [0.5, 0.6) is 11.5 Å². The van der Waals surface area contributed by atoms with Crippen LogP contribution in [0.25, 0.3) is 0 Å². The average Bonchev–Trinajstić information content (AvgIpc) is 3.18. The van der Waals surface area contributed by atoms with E-state index >= 15 is 0 Å². The largest absolute Gasteiger partial charge is 0.497 e. The summed E-state index contributed by atoms with van der Waals surface area (Å²) in [6.07, 6.45) is 1.59. The molecule has 1 saturated carbocycles. The van der Waals surface area contributed by atoms with Crippen LogP contribution in [-0.4, -0.2) is 27.3 Å². The average molecular weight is 236 g/mol. The molecule has 0 atom stereocenters. The molecule has 1 aliphatic rings. The maximum atomic E-state index is 11.8. The number of ether oxygens (including phenoxy) is 3. The second kappa shape index (κ2) is 4.28. The molecule has 1 fully saturated rings. The first-order valence-corrected chi connectivity index (χ1v) is 5.49. The predicted molar refractivity (Wildman–Crippen MR) is 62.5 cm³/mol. The summed E-state index contributed by atoms with van der Waals surface area (Å²) in [5, 5.41) is 0. The van der Waals surface area contributed by atoms with Gasteiger partial charge in [0.1, 0.15) is 11.5 Å². The van der Waals surface area contributed by atoms with Crippen molar-refractivity contribution in [1.82, 2.24) is 0 Å². The summed E-state index contributed by atoms with van der Waals surface area (Å²) in [6.45, 7) is 0. The zero-order valence-electron chi connectivity index (χ0n) is 10.3. The first-order valence-electron chi connectivity index (χ1n) is 5.49. The Morgan fingerprint density at radius 3 is 2.35 bits per heavy atom. The summed E-state index contributed by atoms with van der Waals surface area (Å²) in [6, 6.07) is 5.48. The van der Waals surface area contributed by atoms with Crippen molar-refractivity contribution < 1.29 is 19.0 Å². The van der Waals surface area contributed by atoms with E-state index in [0.29, 0.717) is 5.75 Å². The second-order valence-electron chi connectivity index (χ2n) is 4.14. The quantitative estimate of drug-likeness (QED) is 0.749. The fraction of sp³-hybridized carbons (Fsp3) is 0.462. The molecule has 0 aliphatic heterocycles. The highest BCUT2D eigenvalue weighted by Gasteiger charge is 2.54. The van der Waals surface area contributed by atoms with E-state index in [0.717, 1.165) is 24.2 Å². The normalized spacial score (nSPS) is 16.2. The van der Waals surface area contributed by atoms with Gasteiger partial charge in [0.25, 0.3) is 0 Å². The van der Waals surface area contributed by atoms with E-state index in [1.54, 1.807) is 14.2 Å². The Kier molecular flexibility index (Phi) is 2.96. The first kappa shape index (κ1) is 11.8. The standard InChI is InChI=1S/C13H16O4/c1-15-9-4-5-11(16-2)10(8-9)13(6-7-13)12(14)17-3/h4-5,8H,6-7H2,1-3H3. The van der Waals surface area contributed by atoms with Crippen LogP contribution < -0.4 is 9.47 Å². The van der Waals surface area contributed by atoms with Gasteiger partial charge in [0.2, 0.25) is 0 Å². The minimum Gasteiger partial charge on any atom is -0.497 e. The van der Waals surface area contributed by atoms with Gasteiger partial charge in [0.15, 0.2) is 0 Å². The third-order valence-electron chi connectivity index (χ3n) is 3.25. The summed E-state index contributed by atoms with van der Waals surface area (Å²) < 4.78 is 15.4. The van der Waals surface area contributed by atoms with Crippen molar-refractivity contribution in [2.45, 2.75) is 18.3 Å². The van der Waals surface area contributed by atoms with Gasteiger partial charge in [-0.15, -0.1) is 0 Å². The number of methoxy groups -OCH3 is 3. The van der Waals surface area contributed by atoms with Crippen molar-refractivity contribution in [3.05, 3.63) is 23.8 Å². The lowest BCUT2D eigenvalue weighted by molar-refractivity contribution is -0.143. The number of carbonyl (C=O) groups excluding carboxylic acids is 1. The van der Waals surface area contributed by atoms with Crippen LogP contribution in [0.3, 0.4) is 0 Å². The molecule has 4 heteroatoms. The van der Waals surface area contributed by atoms with Crippen LogP contribution in [0.1, 0.15) is 18.4 Å². The molecule has 0 aromatic heterocycles. The summed E-state index contributed by atoms with van der Waals surface area (Å²) in [4.78, 5) is 11.8. The van der Waals surface area contributed by atoms with Crippen LogP contribution in [0.15, 0.2) is 18.2 Å². The van der Waals surface area contributed by atoms with E-state index in [1.165, 1.54) is 7.11 Å². The summed E-state index contributed by atoms with van der Waals surface area (Å²) in [5.41, 5.74) is 0.320. The number of hydrogen-bond acceptors (Lipinski definition) is 4. The molecule has 0 spiro atoms. The Labute approximate surface area is 100 Å². The lowest BCUT2D eigenvalue weighted by Crippen LogP contribution is -2.22. The highest BCUT2D eigenvalue weighted by Crippen LogP contribution is 2.52. The van der Waals surface area contributed by atoms with E-state index in [2.05, 4.69) is 0 Å². The van der Waals surface area contributed by atoms with E-state index < -0.39 is 5.41 Å². The highest BCUT2D eigenvalue weighted by atomic mass is 16.5. The molecule has 1 aromatic rings. The molecule has 17 heavy (non-hydrogen) atoms. The number of hydrogen-bond donors (Lipinski definition) is 0. The maximum Gasteiger partial charge on any atom is 0.316 e. The minimum absolute atomic E-state index is 0.205. The van der Waals surface area contributed by atoms with Crippen LogP contribution in [0.2, 0.25) is 0 Å². The van der Waals surface area contributed by atoms with Crippen LogP contribution in [-0.2, 0) is 14.9 Å². The summed E-state index contributed by atoms with van der Waals surface area (Å²) in [7, 11) is 4.61. The third-order valence-corrected chi connectivity index (χ3v) is 3.25. The highest BCUT2D eigenvalue weighted by molar-refractivity contribution is 5.87. The molecule has 1 aliphatic carbocycles. The van der Waals surface area contributed by atoms with Crippen molar-refractivity contribution in [2.75, 3.05) is 21.3 Å². The molecule has 0 radical (unpaired) electrons. The van der Waals surface area contributed by atoms with Crippen molar-refractivity contribution in [3.8, 4) is 11.5 Å². The lowest BCUT2D eigenvalue weighted by Gasteiger charge is -2.17. The third kappa shape index (κ3) is 1.84. The van der Waals surface area contributed by atoms with Crippen LogP contribution in [0.4, 0.5) is 0 Å². The van der Waals surface area contributed by atoms with Gasteiger partial charge in [0.05, 0.1) is 26.7 Å². The van der Waals surface area contributed by atoms with Crippen molar-refractivity contribution in [1.29, 1.82) is 0 Å². The van der Waals surface area contributed by atoms with Crippen molar-refractivity contribution in [2.24, 2.45) is 0 Å². The Hall–Kier alpha value is -1.71. The van der Waals surface area contributed by atoms with Gasteiger partial charge in [-0.05, 0) is 31.0 Å². The second-order valence-corrected chi connectivity index (χ2v) is 4.14. The Morgan fingerprint density at radius 2 is 1.88 bits per heavy atom. The number of benzene rings is 1. The molecular weight excluding hydrogens is 220 g/mol. The first-order chi connectivity index (χ1) is 8.17. The maximum absolute atomic E-state index is 11.8. The van der Waals surface area contributed by atoms with E-state index in [1.807, 2.05) is 18.2 Å². The molecule has 0 amide bonds. The summed E-state index contributed by atoms with van der Waals surface area (Å²) in [5.74, 6) is 1.22. The van der Waals surface area contributed by atoms with Crippen LogP contribution >= 0.6 is 0 Å². The Bertz CT molecular complexity index is 435. The molecule has 0 N–H and O–H groups in total. The number of rotatable bonds is 4. The smallest absolute Gasteiger partial charge is 0.316 e. The van der Waals surface area contributed by atoms with Crippen molar-refractivity contribution >= 4 is 5.97 Å². The monoisotopic (exact) mass is 236 g/mol. The van der Waals surface area contributed by atoms with E-state index in [-0.39, 0.29) is 5.97 Å². The molecule has 0 saturated heterocycles. The van der Waals surface area contributed by atoms with Gasteiger partial charge >= 0.3 is 5.97 Å². The molecule has 92 valence electrons. The summed E-state index contributed by atoms with van der Waals surface area (Å²) >= 11 is 0. The lowest BCUT2D eigenvalue weighted by atomic mass is 9.95. The zero-order valence-corrected chi connectivity index (χ0v) is 10.3. The molecule has 2 rings (SSSR count). The number of carbonyl (C=O) groups is 1. The van der Waals surface area contributed by atoms with Gasteiger partial charge in [-0.25, -0.2) is 0 Å². The van der Waals surface area contributed by atoms with E-state index in [4.69, 9.17) is 14.2 Å². The molecule has 0 bridgehead atoms. The van der Waals surface area contributed by atoms with Crippen LogP contribution in [0, 0.1) is 0 Å². The van der Waals surface area contributed by atoms with E-state index in [9.17, 15) is 4.79 Å². The van der Waals surface area contributed by atoms with Gasteiger partial charge in [0, 0.05) is 5.56 Å². The molecule has 0 unspecified atom stereocenters. The molecular formula is C13H16O4. The van der Waals surface area contributed by atoms with Gasteiger partial charge in [-0.2, -0.15) is 0 Å². The van der Waals surface area contributed by atoms with Gasteiger partial charge in [-0.1, -0.05) is 0 Å². The van der Waals surface area contributed by atoms with Gasteiger partial charge < -0.3 is 14.2 Å².